The van der Waals surface area contributed by atoms with Crippen LogP contribution in [0.25, 0.3) is 0 Å². The van der Waals surface area contributed by atoms with Gasteiger partial charge in [0.05, 0.1) is 5.69 Å². The Morgan fingerprint density at radius 1 is 1.33 bits per heavy atom. The quantitative estimate of drug-likeness (QED) is 0.299. The Hall–Kier alpha value is -0.0700. The molecule has 62 valence electrons. The number of benzene rings is 1. The molecule has 0 aromatic heterocycles. The Labute approximate surface area is 94.3 Å². The van der Waals surface area contributed by atoms with Crippen molar-refractivity contribution in [3.8, 4) is 0 Å². The predicted octanol–water partition coefficient (Wildman–Crippen LogP) is -2.37. The Bertz CT molecular complexity index is 368. The summed E-state index contributed by atoms with van der Waals surface area (Å²) in [5, 5.41) is 0. The molecule has 4 nitrogen and oxygen atoms in total. The zero-order valence-corrected chi connectivity index (χ0v) is 9.38. The smallest absolute Gasteiger partial charge is 1.00 e. The van der Waals surface area contributed by atoms with Gasteiger partial charge in [0.25, 0.3) is 10.1 Å². The third-order valence-corrected chi connectivity index (χ3v) is 2.12. The van der Waals surface area contributed by atoms with Gasteiger partial charge >= 0.3 is 29.6 Å². The second-order valence-electron chi connectivity index (χ2n) is 2.01. The standard InChI is InChI=1S/C6H7NO3S.Na.H/c7-5-3-1-2-4-6(5)11(8,9)10;;/h1-4H,7H2,(H,8,9,10);;/q;+1;-1. The van der Waals surface area contributed by atoms with E-state index in [1.165, 1.54) is 18.2 Å². The molecular weight excluding hydrogens is 189 g/mol. The molecule has 0 amide bonds. The summed E-state index contributed by atoms with van der Waals surface area (Å²) in [6.07, 6.45) is 0. The van der Waals surface area contributed by atoms with E-state index in [1.807, 2.05) is 0 Å². The minimum absolute atomic E-state index is 0. The maximum Gasteiger partial charge on any atom is 1.00 e. The molecule has 0 spiro atoms. The Morgan fingerprint density at radius 3 is 2.17 bits per heavy atom. The van der Waals surface area contributed by atoms with Crippen molar-refractivity contribution >= 4 is 15.8 Å². The van der Waals surface area contributed by atoms with Crippen LogP contribution in [0, 0.1) is 0 Å². The molecule has 0 unspecified atom stereocenters. The average molecular weight is 197 g/mol. The average Bonchev–Trinajstić information content (AvgIpc) is 1.86. The van der Waals surface area contributed by atoms with E-state index in [-0.39, 0.29) is 41.6 Å². The van der Waals surface area contributed by atoms with E-state index in [0.717, 1.165) is 0 Å². The van der Waals surface area contributed by atoms with Gasteiger partial charge in [-0.05, 0) is 12.1 Å². The molecule has 0 atom stereocenters. The van der Waals surface area contributed by atoms with E-state index in [9.17, 15) is 8.42 Å². The molecule has 0 aliphatic heterocycles. The van der Waals surface area contributed by atoms with Crippen LogP contribution in [0.3, 0.4) is 0 Å². The molecule has 12 heavy (non-hydrogen) atoms. The minimum Gasteiger partial charge on any atom is -1.00 e. The third kappa shape index (κ3) is 2.76. The normalized spacial score (nSPS) is 10.4. The first-order valence-electron chi connectivity index (χ1n) is 2.84. The molecule has 0 aliphatic rings. The molecule has 0 fully saturated rings. The zero-order chi connectivity index (χ0) is 8.48. The molecule has 0 aliphatic carbocycles. The van der Waals surface area contributed by atoms with Crippen molar-refractivity contribution in [2.45, 2.75) is 4.90 Å². The van der Waals surface area contributed by atoms with Crippen LogP contribution >= 0.6 is 0 Å². The van der Waals surface area contributed by atoms with Crippen LogP contribution in [0.2, 0.25) is 0 Å². The number of anilines is 1. The summed E-state index contributed by atoms with van der Waals surface area (Å²) in [5.74, 6) is 0. The number of nitrogen functional groups attached to an aromatic ring is 1. The zero-order valence-electron chi connectivity index (χ0n) is 7.56. The van der Waals surface area contributed by atoms with E-state index in [2.05, 4.69) is 0 Å². The monoisotopic (exact) mass is 197 g/mol. The van der Waals surface area contributed by atoms with Gasteiger partial charge in [0.1, 0.15) is 4.90 Å². The number of hydrogen-bond acceptors (Lipinski definition) is 3. The summed E-state index contributed by atoms with van der Waals surface area (Å²) in [5.41, 5.74) is 5.32. The molecule has 0 bridgehead atoms. The van der Waals surface area contributed by atoms with E-state index >= 15 is 0 Å². The summed E-state index contributed by atoms with van der Waals surface area (Å²) < 4.78 is 29.6. The fourth-order valence-electron chi connectivity index (χ4n) is 0.715. The first-order chi connectivity index (χ1) is 5.02. The van der Waals surface area contributed by atoms with E-state index in [1.54, 1.807) is 6.07 Å². The van der Waals surface area contributed by atoms with Crippen molar-refractivity contribution in [1.82, 2.24) is 0 Å². The summed E-state index contributed by atoms with van der Waals surface area (Å²) in [6, 6.07) is 5.72. The summed E-state index contributed by atoms with van der Waals surface area (Å²) >= 11 is 0. The van der Waals surface area contributed by atoms with Crippen molar-refractivity contribution < 1.29 is 44.0 Å². The van der Waals surface area contributed by atoms with Gasteiger partial charge in [-0.25, -0.2) is 0 Å². The molecule has 0 saturated carbocycles. The van der Waals surface area contributed by atoms with Crippen LogP contribution in [0.5, 0.6) is 0 Å². The van der Waals surface area contributed by atoms with Crippen LogP contribution in [-0.2, 0) is 10.1 Å². The van der Waals surface area contributed by atoms with Crippen molar-refractivity contribution in [3.63, 3.8) is 0 Å². The SMILES string of the molecule is Nc1ccccc1S(=O)(=O)O.[H-].[Na+]. The van der Waals surface area contributed by atoms with E-state index < -0.39 is 10.1 Å². The van der Waals surface area contributed by atoms with Crippen molar-refractivity contribution in [2.75, 3.05) is 5.73 Å². The van der Waals surface area contributed by atoms with Crippen molar-refractivity contribution in [2.24, 2.45) is 0 Å². The van der Waals surface area contributed by atoms with Crippen LogP contribution in [0.1, 0.15) is 1.43 Å². The molecule has 0 radical (unpaired) electrons. The summed E-state index contributed by atoms with van der Waals surface area (Å²) in [4.78, 5) is -0.250. The molecule has 0 saturated heterocycles. The van der Waals surface area contributed by atoms with Gasteiger partial charge in [-0.1, -0.05) is 12.1 Å². The summed E-state index contributed by atoms with van der Waals surface area (Å²) in [7, 11) is -4.16. The second kappa shape index (κ2) is 4.25. The molecule has 1 rings (SSSR count). The molecule has 3 N–H and O–H groups in total. The van der Waals surface area contributed by atoms with Crippen LogP contribution in [0.4, 0.5) is 5.69 Å². The Balaban J connectivity index is 0. The molecule has 1 aromatic carbocycles. The fraction of sp³-hybridized carbons (Fsp3) is 0. The Morgan fingerprint density at radius 2 is 1.83 bits per heavy atom. The molecule has 0 heterocycles. The second-order valence-corrected chi connectivity index (χ2v) is 3.40. The largest absolute Gasteiger partial charge is 1.00 e. The van der Waals surface area contributed by atoms with Gasteiger partial charge < -0.3 is 7.16 Å². The maximum atomic E-state index is 10.5. The predicted molar refractivity (Wildman–Crippen MR) is 41.8 cm³/mol. The van der Waals surface area contributed by atoms with E-state index in [0.29, 0.717) is 0 Å². The molecular formula is C6H8NNaO3S. The third-order valence-electron chi connectivity index (χ3n) is 1.20. The fourth-order valence-corrected chi connectivity index (χ4v) is 1.33. The topological polar surface area (TPSA) is 80.4 Å². The van der Waals surface area contributed by atoms with Gasteiger partial charge in [-0.2, -0.15) is 8.42 Å². The van der Waals surface area contributed by atoms with Gasteiger partial charge in [0, 0.05) is 0 Å². The number of nitrogens with two attached hydrogens (primary N) is 1. The van der Waals surface area contributed by atoms with Crippen molar-refractivity contribution in [3.05, 3.63) is 24.3 Å². The number of para-hydroxylation sites is 1. The molecule has 1 aromatic rings. The van der Waals surface area contributed by atoms with E-state index in [4.69, 9.17) is 10.3 Å². The van der Waals surface area contributed by atoms with Crippen molar-refractivity contribution in [1.29, 1.82) is 0 Å². The Kier molecular flexibility index (Phi) is 4.22. The molecule has 6 heteroatoms. The number of hydrogen-bond donors (Lipinski definition) is 2. The first-order valence-corrected chi connectivity index (χ1v) is 4.28. The van der Waals surface area contributed by atoms with Crippen LogP contribution in [-0.4, -0.2) is 13.0 Å². The first kappa shape index (κ1) is 11.9. The van der Waals surface area contributed by atoms with Crippen LogP contribution in [0.15, 0.2) is 29.2 Å². The minimum atomic E-state index is -4.16. The van der Waals surface area contributed by atoms with Gasteiger partial charge in [-0.15, -0.1) is 0 Å². The van der Waals surface area contributed by atoms with Gasteiger partial charge in [-0.3, -0.25) is 4.55 Å². The number of rotatable bonds is 1. The maximum absolute atomic E-state index is 10.5. The van der Waals surface area contributed by atoms with Crippen LogP contribution < -0.4 is 35.3 Å². The van der Waals surface area contributed by atoms with Gasteiger partial charge in [0.15, 0.2) is 0 Å². The van der Waals surface area contributed by atoms with Gasteiger partial charge in [0.2, 0.25) is 0 Å². The summed E-state index contributed by atoms with van der Waals surface area (Å²) in [6.45, 7) is 0.